The van der Waals surface area contributed by atoms with Gasteiger partial charge < -0.3 is 10.6 Å². The van der Waals surface area contributed by atoms with E-state index in [9.17, 15) is 18.0 Å². The van der Waals surface area contributed by atoms with Crippen molar-refractivity contribution in [3.63, 3.8) is 0 Å². The second kappa shape index (κ2) is 8.51. The molecule has 0 saturated carbocycles. The summed E-state index contributed by atoms with van der Waals surface area (Å²) in [7, 11) is -3.62. The third-order valence-corrected chi connectivity index (χ3v) is 6.98. The quantitative estimate of drug-likeness (QED) is 0.433. The van der Waals surface area contributed by atoms with Gasteiger partial charge in [-0.1, -0.05) is 42.0 Å². The van der Waals surface area contributed by atoms with Crippen LogP contribution in [0.2, 0.25) is 0 Å². The number of carbonyl (C=O) groups is 2. The molecule has 1 aliphatic heterocycles. The van der Waals surface area contributed by atoms with E-state index in [1.54, 1.807) is 12.1 Å². The zero-order chi connectivity index (χ0) is 22.9. The summed E-state index contributed by atoms with van der Waals surface area (Å²) in [5.74, 6) is -0.764. The summed E-state index contributed by atoms with van der Waals surface area (Å²) in [6.07, 6.45) is 1.91. The summed E-state index contributed by atoms with van der Waals surface area (Å²) in [4.78, 5) is 34.2. The van der Waals surface area contributed by atoms with Gasteiger partial charge in [-0.3, -0.25) is 9.59 Å². The van der Waals surface area contributed by atoms with Crippen LogP contribution >= 0.6 is 0 Å². The number of aryl methyl sites for hydroxylation is 1. The minimum Gasteiger partial charge on any atom is -0.382 e. The molecule has 1 fully saturated rings. The first-order valence-corrected chi connectivity index (χ1v) is 11.7. The second-order valence-corrected chi connectivity index (χ2v) is 9.71. The number of Topliss-reactive ketones (excluding diaryl/α,β-unsaturated/α-hetero) is 1. The third-order valence-electron chi connectivity index (χ3n) is 5.33. The summed E-state index contributed by atoms with van der Waals surface area (Å²) >= 11 is 0. The van der Waals surface area contributed by atoms with E-state index in [0.29, 0.717) is 24.2 Å². The van der Waals surface area contributed by atoms with Crippen LogP contribution in [0, 0.1) is 6.92 Å². The van der Waals surface area contributed by atoms with Crippen LogP contribution in [0.4, 0.5) is 5.82 Å². The number of rotatable bonds is 7. The number of hydrogen-bond acceptors (Lipinski definition) is 7. The highest BCUT2D eigenvalue weighted by Gasteiger charge is 2.29. The van der Waals surface area contributed by atoms with Crippen LogP contribution in [0.5, 0.6) is 0 Å². The number of nitrogens with two attached hydrogens (primary N) is 1. The largest absolute Gasteiger partial charge is 0.382 e. The number of ketones is 1. The average molecular weight is 451 g/mol. The molecule has 32 heavy (non-hydrogen) atoms. The standard InChI is InChI=1S/C23H22N4O4S/c1-15-2-6-17(7-3-15)19-13-25-23(24)22(26-19)20(28)12-16-4-8-18(9-5-16)32(30,31)14-27-11-10-21(27)29/h2-9,13H,10-12,14H2,1H3,(H2,24,25). The van der Waals surface area contributed by atoms with Gasteiger partial charge in [-0.2, -0.15) is 0 Å². The summed E-state index contributed by atoms with van der Waals surface area (Å²) in [6, 6.07) is 13.7. The first-order valence-electron chi connectivity index (χ1n) is 10.1. The van der Waals surface area contributed by atoms with Gasteiger partial charge in [0.2, 0.25) is 5.91 Å². The lowest BCUT2D eigenvalue weighted by molar-refractivity contribution is -0.138. The molecule has 2 aromatic carbocycles. The van der Waals surface area contributed by atoms with Crippen molar-refractivity contribution >= 4 is 27.3 Å². The molecule has 2 N–H and O–H groups in total. The Morgan fingerprint density at radius 3 is 2.38 bits per heavy atom. The first kappa shape index (κ1) is 21.6. The molecule has 0 spiro atoms. The van der Waals surface area contributed by atoms with Crippen molar-refractivity contribution in [3.05, 3.63) is 71.5 Å². The maximum absolute atomic E-state index is 12.8. The number of likely N-dealkylation sites (tertiary alicyclic amines) is 1. The molecule has 0 atom stereocenters. The molecule has 0 aliphatic carbocycles. The zero-order valence-corrected chi connectivity index (χ0v) is 18.3. The predicted molar refractivity (Wildman–Crippen MR) is 119 cm³/mol. The summed E-state index contributed by atoms with van der Waals surface area (Å²) in [5, 5.41) is 0. The van der Waals surface area contributed by atoms with E-state index < -0.39 is 9.84 Å². The summed E-state index contributed by atoms with van der Waals surface area (Å²) in [6.45, 7) is 2.43. The van der Waals surface area contributed by atoms with Crippen LogP contribution < -0.4 is 5.73 Å². The highest BCUT2D eigenvalue weighted by Crippen LogP contribution is 2.21. The Balaban J connectivity index is 1.50. The highest BCUT2D eigenvalue weighted by atomic mass is 32.2. The van der Waals surface area contributed by atoms with Crippen LogP contribution in [-0.2, 0) is 21.1 Å². The molecule has 3 aromatic rings. The van der Waals surface area contributed by atoms with Crippen molar-refractivity contribution in [2.45, 2.75) is 24.7 Å². The molecule has 164 valence electrons. The molecule has 2 heterocycles. The molecule has 8 nitrogen and oxygen atoms in total. The Morgan fingerprint density at radius 1 is 1.09 bits per heavy atom. The number of aromatic nitrogens is 2. The monoisotopic (exact) mass is 450 g/mol. The lowest BCUT2D eigenvalue weighted by Gasteiger charge is -2.30. The van der Waals surface area contributed by atoms with Crippen molar-refractivity contribution < 1.29 is 18.0 Å². The van der Waals surface area contributed by atoms with E-state index in [1.807, 2.05) is 31.2 Å². The van der Waals surface area contributed by atoms with Crippen LogP contribution in [0.15, 0.2) is 59.6 Å². The van der Waals surface area contributed by atoms with Crippen molar-refractivity contribution in [3.8, 4) is 11.3 Å². The van der Waals surface area contributed by atoms with E-state index in [-0.39, 0.29) is 40.4 Å². The molecule has 9 heteroatoms. The van der Waals surface area contributed by atoms with E-state index in [2.05, 4.69) is 9.97 Å². The molecule has 1 amide bonds. The molecular formula is C23H22N4O4S. The predicted octanol–water partition coefficient (Wildman–Crippen LogP) is 2.42. The molecule has 0 unspecified atom stereocenters. The molecule has 1 aromatic heterocycles. The molecule has 4 rings (SSSR count). The van der Waals surface area contributed by atoms with Gasteiger partial charge in [-0.25, -0.2) is 18.4 Å². The lowest BCUT2D eigenvalue weighted by atomic mass is 10.1. The van der Waals surface area contributed by atoms with Gasteiger partial charge in [0.1, 0.15) is 11.6 Å². The van der Waals surface area contributed by atoms with Crippen molar-refractivity contribution in [1.82, 2.24) is 14.9 Å². The second-order valence-electron chi connectivity index (χ2n) is 7.75. The number of β-lactam (4-membered cyclic amide) rings is 1. The van der Waals surface area contributed by atoms with E-state index >= 15 is 0 Å². The SMILES string of the molecule is Cc1ccc(-c2cnc(N)c(C(=O)Cc3ccc(S(=O)(=O)CN4CCC4=O)cc3)n2)cc1. The third kappa shape index (κ3) is 4.52. The number of carbonyl (C=O) groups excluding carboxylic acids is 2. The first-order chi connectivity index (χ1) is 15.2. The number of amides is 1. The van der Waals surface area contributed by atoms with Gasteiger partial charge in [0.25, 0.3) is 0 Å². The van der Waals surface area contributed by atoms with Crippen molar-refractivity contribution in [1.29, 1.82) is 0 Å². The van der Waals surface area contributed by atoms with Gasteiger partial charge in [-0.15, -0.1) is 0 Å². The molecule has 1 aliphatic rings. The fraction of sp³-hybridized carbons (Fsp3) is 0.217. The van der Waals surface area contributed by atoms with Crippen LogP contribution in [0.3, 0.4) is 0 Å². The fourth-order valence-corrected chi connectivity index (χ4v) is 4.71. The van der Waals surface area contributed by atoms with Crippen LogP contribution in [-0.4, -0.2) is 47.4 Å². The highest BCUT2D eigenvalue weighted by molar-refractivity contribution is 7.91. The number of hydrogen-bond donors (Lipinski definition) is 1. The molecule has 1 saturated heterocycles. The summed E-state index contributed by atoms with van der Waals surface area (Å²) in [5.41, 5.74) is 9.08. The maximum Gasteiger partial charge on any atom is 0.225 e. The van der Waals surface area contributed by atoms with Gasteiger partial charge in [0.15, 0.2) is 21.4 Å². The van der Waals surface area contributed by atoms with Gasteiger partial charge in [-0.05, 0) is 24.6 Å². The normalized spacial score (nSPS) is 13.7. The topological polar surface area (TPSA) is 123 Å². The van der Waals surface area contributed by atoms with E-state index in [4.69, 9.17) is 5.73 Å². The number of nitrogens with zero attached hydrogens (tertiary/aromatic N) is 3. The van der Waals surface area contributed by atoms with Gasteiger partial charge in [0.05, 0.1) is 16.8 Å². The molecule has 0 bridgehead atoms. The van der Waals surface area contributed by atoms with Crippen molar-refractivity contribution in [2.24, 2.45) is 0 Å². The maximum atomic E-state index is 12.8. The lowest BCUT2D eigenvalue weighted by Crippen LogP contribution is -2.45. The Kier molecular flexibility index (Phi) is 5.75. The minimum atomic E-state index is -3.62. The van der Waals surface area contributed by atoms with Crippen LogP contribution in [0.25, 0.3) is 11.3 Å². The zero-order valence-electron chi connectivity index (χ0n) is 17.5. The Morgan fingerprint density at radius 2 is 1.78 bits per heavy atom. The smallest absolute Gasteiger partial charge is 0.225 e. The fourth-order valence-electron chi connectivity index (χ4n) is 3.33. The number of nitrogen functional groups attached to an aromatic ring is 1. The Hall–Kier alpha value is -3.59. The van der Waals surface area contributed by atoms with Crippen molar-refractivity contribution in [2.75, 3.05) is 18.2 Å². The number of benzene rings is 2. The Labute approximate surface area is 186 Å². The number of anilines is 1. The van der Waals surface area contributed by atoms with Crippen LogP contribution in [0.1, 0.15) is 28.0 Å². The summed E-state index contributed by atoms with van der Waals surface area (Å²) < 4.78 is 25.0. The molecule has 0 radical (unpaired) electrons. The average Bonchev–Trinajstić information content (AvgIpc) is 2.78. The minimum absolute atomic E-state index is 0.00116. The van der Waals surface area contributed by atoms with E-state index in [1.165, 1.54) is 23.2 Å². The van der Waals surface area contributed by atoms with Gasteiger partial charge >= 0.3 is 0 Å². The number of sulfone groups is 1. The van der Waals surface area contributed by atoms with E-state index in [0.717, 1.165) is 11.1 Å². The van der Waals surface area contributed by atoms with Gasteiger partial charge in [0, 0.05) is 24.9 Å². The Bertz CT molecular complexity index is 1290. The molecular weight excluding hydrogens is 428 g/mol.